The van der Waals surface area contributed by atoms with Crippen LogP contribution in [0.4, 0.5) is 11.5 Å². The van der Waals surface area contributed by atoms with Gasteiger partial charge in [-0.3, -0.25) is 4.90 Å². The molecular formula is C22H22N4O2. The van der Waals surface area contributed by atoms with Gasteiger partial charge in [0.15, 0.2) is 11.5 Å². The van der Waals surface area contributed by atoms with E-state index in [1.807, 2.05) is 18.2 Å². The Morgan fingerprint density at radius 1 is 0.964 bits per heavy atom. The average Bonchev–Trinajstić information content (AvgIpc) is 2.75. The Bertz CT molecular complexity index is 978. The molecule has 0 radical (unpaired) electrons. The van der Waals surface area contributed by atoms with E-state index in [-0.39, 0.29) is 0 Å². The van der Waals surface area contributed by atoms with Crippen LogP contribution < -0.4 is 14.8 Å². The summed E-state index contributed by atoms with van der Waals surface area (Å²) >= 11 is 0. The van der Waals surface area contributed by atoms with Crippen molar-refractivity contribution in [2.24, 2.45) is 0 Å². The van der Waals surface area contributed by atoms with E-state index in [1.165, 1.54) is 11.1 Å². The maximum Gasteiger partial charge on any atom is 0.163 e. The van der Waals surface area contributed by atoms with E-state index in [2.05, 4.69) is 50.5 Å². The van der Waals surface area contributed by atoms with Crippen molar-refractivity contribution in [1.29, 1.82) is 0 Å². The summed E-state index contributed by atoms with van der Waals surface area (Å²) in [6.45, 7) is 3.93. The molecule has 1 aromatic heterocycles. The van der Waals surface area contributed by atoms with Gasteiger partial charge < -0.3 is 14.8 Å². The number of anilines is 2. The third kappa shape index (κ3) is 3.51. The fourth-order valence-electron chi connectivity index (χ4n) is 3.74. The van der Waals surface area contributed by atoms with E-state index in [1.54, 1.807) is 6.33 Å². The minimum absolute atomic E-state index is 0.577. The molecule has 6 heteroatoms. The van der Waals surface area contributed by atoms with E-state index in [4.69, 9.17) is 9.47 Å². The van der Waals surface area contributed by atoms with Crippen molar-refractivity contribution in [1.82, 2.24) is 14.9 Å². The summed E-state index contributed by atoms with van der Waals surface area (Å²) in [5.41, 5.74) is 4.55. The Hall–Kier alpha value is -3.12. The lowest BCUT2D eigenvalue weighted by Gasteiger charge is -2.29. The average molecular weight is 374 g/mol. The first-order valence-corrected chi connectivity index (χ1v) is 9.61. The third-order valence-electron chi connectivity index (χ3n) is 5.14. The SMILES string of the molecule is c1ccc(CN2CCc3ncnc(Nc4ccc5c(c4)OCCO5)c3C2)cc1. The third-order valence-corrected chi connectivity index (χ3v) is 5.14. The Balaban J connectivity index is 1.37. The smallest absolute Gasteiger partial charge is 0.163 e. The van der Waals surface area contributed by atoms with E-state index in [9.17, 15) is 0 Å². The molecule has 1 N–H and O–H groups in total. The second-order valence-corrected chi connectivity index (χ2v) is 7.08. The lowest BCUT2D eigenvalue weighted by atomic mass is 10.0. The monoisotopic (exact) mass is 374 g/mol. The minimum atomic E-state index is 0.577. The number of nitrogens with one attached hydrogen (secondary N) is 1. The highest BCUT2D eigenvalue weighted by molar-refractivity contribution is 5.64. The Labute approximate surface area is 164 Å². The van der Waals surface area contributed by atoms with E-state index >= 15 is 0 Å². The molecule has 0 fully saturated rings. The standard InChI is InChI=1S/C22H22N4O2/c1-2-4-16(5-3-1)13-26-9-8-19-18(14-26)22(24-15-23-19)25-17-6-7-20-21(12-17)28-11-10-27-20/h1-7,12,15H,8-11,13-14H2,(H,23,24,25). The highest BCUT2D eigenvalue weighted by atomic mass is 16.6. The van der Waals surface area contributed by atoms with Crippen molar-refractivity contribution in [3.05, 3.63) is 71.7 Å². The number of nitrogens with zero attached hydrogens (tertiary/aromatic N) is 3. The van der Waals surface area contributed by atoms with Crippen LogP contribution in [0.2, 0.25) is 0 Å². The predicted molar refractivity (Wildman–Crippen MR) is 107 cm³/mol. The summed E-state index contributed by atoms with van der Waals surface area (Å²) in [6, 6.07) is 16.5. The molecule has 0 atom stereocenters. The van der Waals surface area contributed by atoms with Crippen molar-refractivity contribution in [2.75, 3.05) is 25.1 Å². The largest absolute Gasteiger partial charge is 0.486 e. The van der Waals surface area contributed by atoms with Gasteiger partial charge in [0.25, 0.3) is 0 Å². The van der Waals surface area contributed by atoms with Crippen LogP contribution in [0.25, 0.3) is 0 Å². The first kappa shape index (κ1) is 17.0. The number of hydrogen-bond donors (Lipinski definition) is 1. The van der Waals surface area contributed by atoms with Crippen molar-refractivity contribution < 1.29 is 9.47 Å². The van der Waals surface area contributed by atoms with E-state index in [0.717, 1.165) is 54.8 Å². The van der Waals surface area contributed by atoms with Gasteiger partial charge in [-0.15, -0.1) is 0 Å². The van der Waals surface area contributed by atoms with Crippen LogP contribution in [-0.2, 0) is 19.5 Å². The van der Waals surface area contributed by atoms with Crippen LogP contribution in [-0.4, -0.2) is 34.6 Å². The molecule has 0 amide bonds. The number of hydrogen-bond acceptors (Lipinski definition) is 6. The molecule has 3 aromatic rings. The molecule has 0 aliphatic carbocycles. The Morgan fingerprint density at radius 2 is 1.82 bits per heavy atom. The van der Waals surface area contributed by atoms with Gasteiger partial charge >= 0.3 is 0 Å². The minimum Gasteiger partial charge on any atom is -0.486 e. The normalized spacial score (nSPS) is 15.7. The maximum atomic E-state index is 5.69. The van der Waals surface area contributed by atoms with Crippen molar-refractivity contribution in [2.45, 2.75) is 19.5 Å². The van der Waals surface area contributed by atoms with Crippen LogP contribution in [0, 0.1) is 0 Å². The Kier molecular flexibility index (Phi) is 4.54. The lowest BCUT2D eigenvalue weighted by Crippen LogP contribution is -2.31. The van der Waals surface area contributed by atoms with E-state index in [0.29, 0.717) is 13.2 Å². The van der Waals surface area contributed by atoms with Crippen molar-refractivity contribution >= 4 is 11.5 Å². The summed E-state index contributed by atoms with van der Waals surface area (Å²) in [4.78, 5) is 11.5. The van der Waals surface area contributed by atoms with Crippen molar-refractivity contribution in [3.8, 4) is 11.5 Å². The molecular weight excluding hydrogens is 352 g/mol. The van der Waals surface area contributed by atoms with Gasteiger partial charge in [-0.2, -0.15) is 0 Å². The molecule has 2 aliphatic rings. The zero-order chi connectivity index (χ0) is 18.8. The molecule has 6 nitrogen and oxygen atoms in total. The fraction of sp³-hybridized carbons (Fsp3) is 0.273. The van der Waals surface area contributed by atoms with Crippen LogP contribution in [0.5, 0.6) is 11.5 Å². The molecule has 0 spiro atoms. The maximum absolute atomic E-state index is 5.69. The summed E-state index contributed by atoms with van der Waals surface area (Å²) < 4.78 is 11.3. The molecule has 2 aromatic carbocycles. The molecule has 5 rings (SSSR count). The quantitative estimate of drug-likeness (QED) is 0.754. The molecule has 0 saturated carbocycles. The van der Waals surface area contributed by atoms with Gasteiger partial charge in [-0.25, -0.2) is 9.97 Å². The van der Waals surface area contributed by atoms with Gasteiger partial charge in [0.05, 0.1) is 5.69 Å². The predicted octanol–water partition coefficient (Wildman–Crippen LogP) is 3.55. The summed E-state index contributed by atoms with van der Waals surface area (Å²) in [5.74, 6) is 2.42. The van der Waals surface area contributed by atoms with Gasteiger partial charge in [0.1, 0.15) is 25.4 Å². The molecule has 3 heterocycles. The fourth-order valence-corrected chi connectivity index (χ4v) is 3.74. The summed E-state index contributed by atoms with van der Waals surface area (Å²) in [7, 11) is 0. The number of aromatic nitrogens is 2. The Morgan fingerprint density at radius 3 is 2.71 bits per heavy atom. The summed E-state index contributed by atoms with van der Waals surface area (Å²) in [5, 5.41) is 3.45. The van der Waals surface area contributed by atoms with Crippen LogP contribution >= 0.6 is 0 Å². The van der Waals surface area contributed by atoms with Crippen LogP contribution in [0.15, 0.2) is 54.9 Å². The molecule has 0 saturated heterocycles. The van der Waals surface area contributed by atoms with Crippen LogP contribution in [0.3, 0.4) is 0 Å². The number of ether oxygens (including phenoxy) is 2. The molecule has 0 bridgehead atoms. The topological polar surface area (TPSA) is 59.5 Å². The lowest BCUT2D eigenvalue weighted by molar-refractivity contribution is 0.171. The second kappa shape index (κ2) is 7.48. The zero-order valence-corrected chi connectivity index (χ0v) is 15.6. The molecule has 142 valence electrons. The van der Waals surface area contributed by atoms with Gasteiger partial charge in [0, 0.05) is 43.4 Å². The molecule has 28 heavy (non-hydrogen) atoms. The van der Waals surface area contributed by atoms with Gasteiger partial charge in [-0.05, 0) is 17.7 Å². The number of benzene rings is 2. The highest BCUT2D eigenvalue weighted by Gasteiger charge is 2.21. The molecule has 0 unspecified atom stereocenters. The first-order chi connectivity index (χ1) is 13.8. The first-order valence-electron chi connectivity index (χ1n) is 9.61. The summed E-state index contributed by atoms with van der Waals surface area (Å²) in [6.07, 6.45) is 2.58. The number of rotatable bonds is 4. The van der Waals surface area contributed by atoms with Crippen molar-refractivity contribution in [3.63, 3.8) is 0 Å². The van der Waals surface area contributed by atoms with Gasteiger partial charge in [-0.1, -0.05) is 30.3 Å². The van der Waals surface area contributed by atoms with Crippen LogP contribution in [0.1, 0.15) is 16.8 Å². The highest BCUT2D eigenvalue weighted by Crippen LogP contribution is 2.34. The van der Waals surface area contributed by atoms with E-state index < -0.39 is 0 Å². The number of fused-ring (bicyclic) bond motifs is 2. The van der Waals surface area contributed by atoms with Gasteiger partial charge in [0.2, 0.25) is 0 Å². The molecule has 2 aliphatic heterocycles. The second-order valence-electron chi connectivity index (χ2n) is 7.08. The zero-order valence-electron chi connectivity index (χ0n) is 15.6.